The van der Waals surface area contributed by atoms with Crippen molar-refractivity contribution in [3.63, 3.8) is 0 Å². The van der Waals surface area contributed by atoms with E-state index in [4.69, 9.17) is 5.11 Å². The number of anilines is 1. The second-order valence-electron chi connectivity index (χ2n) is 3.53. The fourth-order valence-corrected chi connectivity index (χ4v) is 0.952. The molecule has 0 aromatic heterocycles. The summed E-state index contributed by atoms with van der Waals surface area (Å²) in [4.78, 5) is 0. The number of para-hydroxylation sites is 1. The standard InChI is InChI=1S/C10H15NO/c1-10(2,8-12)11-9-6-4-3-5-7-9/h3-7,11-12H,8H2,1-2H3. The Morgan fingerprint density at radius 2 is 1.83 bits per heavy atom. The van der Waals surface area contributed by atoms with Crippen LogP contribution in [0.2, 0.25) is 0 Å². The zero-order valence-electron chi connectivity index (χ0n) is 7.54. The van der Waals surface area contributed by atoms with Crippen molar-refractivity contribution in [1.29, 1.82) is 0 Å². The first-order valence-corrected chi connectivity index (χ1v) is 4.08. The monoisotopic (exact) mass is 165 g/mol. The summed E-state index contributed by atoms with van der Waals surface area (Å²) >= 11 is 0. The van der Waals surface area contributed by atoms with Crippen LogP contribution in [0.15, 0.2) is 30.3 Å². The van der Waals surface area contributed by atoms with Crippen LogP contribution in [0.4, 0.5) is 5.69 Å². The fraction of sp³-hybridized carbons (Fsp3) is 0.400. The molecule has 0 saturated heterocycles. The van der Waals surface area contributed by atoms with Crippen molar-refractivity contribution in [3.05, 3.63) is 30.3 Å². The molecule has 0 radical (unpaired) electrons. The maximum absolute atomic E-state index is 8.99. The minimum Gasteiger partial charge on any atom is -0.394 e. The summed E-state index contributed by atoms with van der Waals surface area (Å²) in [5.74, 6) is 0. The van der Waals surface area contributed by atoms with Gasteiger partial charge in [0.05, 0.1) is 12.1 Å². The van der Waals surface area contributed by atoms with E-state index in [0.717, 1.165) is 5.69 Å². The first-order chi connectivity index (χ1) is 5.64. The van der Waals surface area contributed by atoms with Gasteiger partial charge in [-0.05, 0) is 26.0 Å². The predicted octanol–water partition coefficient (Wildman–Crippen LogP) is 1.87. The highest BCUT2D eigenvalue weighted by Crippen LogP contribution is 2.13. The molecule has 0 aliphatic heterocycles. The van der Waals surface area contributed by atoms with Gasteiger partial charge in [-0.15, -0.1) is 0 Å². The van der Waals surface area contributed by atoms with Crippen molar-refractivity contribution < 1.29 is 5.11 Å². The van der Waals surface area contributed by atoms with E-state index in [1.165, 1.54) is 0 Å². The summed E-state index contributed by atoms with van der Waals surface area (Å²) in [6, 6.07) is 9.87. The third-order valence-electron chi connectivity index (χ3n) is 1.65. The first kappa shape index (κ1) is 9.07. The molecule has 0 spiro atoms. The number of aliphatic hydroxyl groups excluding tert-OH is 1. The summed E-state index contributed by atoms with van der Waals surface area (Å²) in [6.07, 6.45) is 0. The van der Waals surface area contributed by atoms with Gasteiger partial charge in [-0.25, -0.2) is 0 Å². The molecule has 2 nitrogen and oxygen atoms in total. The quantitative estimate of drug-likeness (QED) is 0.716. The molecule has 0 aliphatic rings. The van der Waals surface area contributed by atoms with Crippen LogP contribution < -0.4 is 5.32 Å². The van der Waals surface area contributed by atoms with E-state index in [9.17, 15) is 0 Å². The molecule has 1 aromatic rings. The average molecular weight is 165 g/mol. The molecule has 0 unspecified atom stereocenters. The lowest BCUT2D eigenvalue weighted by Gasteiger charge is -2.24. The van der Waals surface area contributed by atoms with Crippen molar-refractivity contribution in [3.8, 4) is 0 Å². The molecule has 0 heterocycles. The normalized spacial score (nSPS) is 11.2. The number of rotatable bonds is 3. The number of hydrogen-bond donors (Lipinski definition) is 2. The summed E-state index contributed by atoms with van der Waals surface area (Å²) in [6.45, 7) is 4.04. The van der Waals surface area contributed by atoms with Gasteiger partial charge in [-0.1, -0.05) is 18.2 Å². The van der Waals surface area contributed by atoms with Crippen molar-refractivity contribution in [2.24, 2.45) is 0 Å². The van der Waals surface area contributed by atoms with E-state index in [1.807, 2.05) is 44.2 Å². The predicted molar refractivity (Wildman–Crippen MR) is 51.2 cm³/mol. The van der Waals surface area contributed by atoms with Crippen LogP contribution in [-0.2, 0) is 0 Å². The topological polar surface area (TPSA) is 32.3 Å². The van der Waals surface area contributed by atoms with Gasteiger partial charge < -0.3 is 10.4 Å². The van der Waals surface area contributed by atoms with Crippen molar-refractivity contribution in [1.82, 2.24) is 0 Å². The van der Waals surface area contributed by atoms with Crippen molar-refractivity contribution in [2.45, 2.75) is 19.4 Å². The summed E-state index contributed by atoms with van der Waals surface area (Å²) in [7, 11) is 0. The zero-order chi connectivity index (χ0) is 9.03. The molecule has 0 atom stereocenters. The van der Waals surface area contributed by atoms with Gasteiger partial charge in [0, 0.05) is 5.69 Å². The smallest absolute Gasteiger partial charge is 0.0656 e. The Labute approximate surface area is 73.2 Å². The third-order valence-corrected chi connectivity index (χ3v) is 1.65. The summed E-state index contributed by atoms with van der Waals surface area (Å²) < 4.78 is 0. The highest BCUT2D eigenvalue weighted by atomic mass is 16.3. The molecule has 2 N–H and O–H groups in total. The van der Waals surface area contributed by atoms with Gasteiger partial charge in [0.25, 0.3) is 0 Å². The molecule has 2 heteroatoms. The van der Waals surface area contributed by atoms with Gasteiger partial charge in [-0.3, -0.25) is 0 Å². The number of benzene rings is 1. The molecule has 0 amide bonds. The average Bonchev–Trinajstić information content (AvgIpc) is 2.06. The minimum atomic E-state index is -0.249. The molecule has 1 rings (SSSR count). The van der Waals surface area contributed by atoms with E-state index < -0.39 is 0 Å². The van der Waals surface area contributed by atoms with Crippen molar-refractivity contribution >= 4 is 5.69 Å². The largest absolute Gasteiger partial charge is 0.394 e. The Kier molecular flexibility index (Phi) is 2.71. The second-order valence-corrected chi connectivity index (χ2v) is 3.53. The van der Waals surface area contributed by atoms with E-state index >= 15 is 0 Å². The molecule has 66 valence electrons. The maximum atomic E-state index is 8.99. The lowest BCUT2D eigenvalue weighted by Crippen LogP contribution is -2.34. The van der Waals surface area contributed by atoms with E-state index in [1.54, 1.807) is 0 Å². The molecule has 12 heavy (non-hydrogen) atoms. The van der Waals surface area contributed by atoms with Crippen LogP contribution in [0.25, 0.3) is 0 Å². The van der Waals surface area contributed by atoms with Gasteiger partial charge in [0.2, 0.25) is 0 Å². The summed E-state index contributed by atoms with van der Waals surface area (Å²) in [5, 5.41) is 12.2. The number of aliphatic hydroxyl groups is 1. The first-order valence-electron chi connectivity index (χ1n) is 4.08. The van der Waals surface area contributed by atoms with Gasteiger partial charge in [0.1, 0.15) is 0 Å². The Morgan fingerprint density at radius 1 is 1.25 bits per heavy atom. The Hall–Kier alpha value is -1.02. The third kappa shape index (κ3) is 2.55. The molecule has 1 aromatic carbocycles. The highest BCUT2D eigenvalue weighted by Gasteiger charge is 2.14. The molecule has 0 saturated carbocycles. The van der Waals surface area contributed by atoms with Gasteiger partial charge >= 0.3 is 0 Å². The van der Waals surface area contributed by atoms with Crippen molar-refractivity contribution in [2.75, 3.05) is 11.9 Å². The summed E-state index contributed by atoms with van der Waals surface area (Å²) in [5.41, 5.74) is 0.790. The van der Waals surface area contributed by atoms with Gasteiger partial charge in [-0.2, -0.15) is 0 Å². The van der Waals surface area contributed by atoms with Crippen LogP contribution in [0.5, 0.6) is 0 Å². The second kappa shape index (κ2) is 3.59. The number of nitrogens with one attached hydrogen (secondary N) is 1. The molecular weight excluding hydrogens is 150 g/mol. The zero-order valence-corrected chi connectivity index (χ0v) is 7.54. The number of hydrogen-bond acceptors (Lipinski definition) is 2. The van der Waals surface area contributed by atoms with Crippen LogP contribution in [0.1, 0.15) is 13.8 Å². The SMILES string of the molecule is CC(C)(CO)Nc1ccccc1. The van der Waals surface area contributed by atoms with Crippen LogP contribution in [-0.4, -0.2) is 17.3 Å². The van der Waals surface area contributed by atoms with Crippen LogP contribution >= 0.6 is 0 Å². The van der Waals surface area contributed by atoms with Crippen LogP contribution in [0, 0.1) is 0 Å². The van der Waals surface area contributed by atoms with Crippen LogP contribution in [0.3, 0.4) is 0 Å². The molecule has 0 bridgehead atoms. The van der Waals surface area contributed by atoms with Gasteiger partial charge in [0.15, 0.2) is 0 Å². The van der Waals surface area contributed by atoms with E-state index in [2.05, 4.69) is 5.32 Å². The van der Waals surface area contributed by atoms with E-state index in [-0.39, 0.29) is 12.1 Å². The maximum Gasteiger partial charge on any atom is 0.0656 e. The molecular formula is C10H15NO. The molecule has 0 fully saturated rings. The fourth-order valence-electron chi connectivity index (χ4n) is 0.952. The Morgan fingerprint density at radius 3 is 2.33 bits per heavy atom. The lowest BCUT2D eigenvalue weighted by molar-refractivity contribution is 0.234. The Bertz CT molecular complexity index is 231. The molecule has 0 aliphatic carbocycles. The Balaban J connectivity index is 2.64. The highest BCUT2D eigenvalue weighted by molar-refractivity contribution is 5.44. The lowest BCUT2D eigenvalue weighted by atomic mass is 10.1. The minimum absolute atomic E-state index is 0.127. The van der Waals surface area contributed by atoms with E-state index in [0.29, 0.717) is 0 Å².